The van der Waals surface area contributed by atoms with Crippen LogP contribution in [0.2, 0.25) is 0 Å². The van der Waals surface area contributed by atoms with Gasteiger partial charge >= 0.3 is 0 Å². The van der Waals surface area contributed by atoms with E-state index in [1.54, 1.807) is 18.0 Å². The summed E-state index contributed by atoms with van der Waals surface area (Å²) in [4.78, 5) is 20.2. The molecule has 0 radical (unpaired) electrons. The number of β-amino-alcohol motifs (C(OH)–C–C–N with tert-alkyl or cyclic N) is 1. The third kappa shape index (κ3) is 7.07. The molecule has 2 aromatic carbocycles. The van der Waals surface area contributed by atoms with Crippen molar-refractivity contribution >= 4 is 5.91 Å². The second kappa shape index (κ2) is 11.4. The topological polar surface area (TPSA) is 80.1 Å². The number of carbonyl (C=O) groups is 1. The molecule has 35 heavy (non-hydrogen) atoms. The molecule has 1 N–H and O–H groups in total. The lowest BCUT2D eigenvalue weighted by Crippen LogP contribution is -2.51. The van der Waals surface area contributed by atoms with Gasteiger partial charge in [0.05, 0.1) is 13.1 Å². The summed E-state index contributed by atoms with van der Waals surface area (Å²) in [7, 11) is 0. The van der Waals surface area contributed by atoms with Crippen LogP contribution in [0.5, 0.6) is 11.5 Å². The number of benzene rings is 2. The van der Waals surface area contributed by atoms with Crippen LogP contribution in [-0.4, -0.2) is 75.4 Å². The molecule has 1 amide bonds. The fourth-order valence-corrected chi connectivity index (χ4v) is 4.32. The van der Waals surface area contributed by atoms with Crippen LogP contribution in [0.3, 0.4) is 0 Å². The minimum atomic E-state index is -1.17. The molecule has 0 unspecified atom stereocenters. The van der Waals surface area contributed by atoms with E-state index in [9.17, 15) is 9.90 Å². The van der Waals surface area contributed by atoms with E-state index in [-0.39, 0.29) is 19.1 Å². The Labute approximate surface area is 206 Å². The summed E-state index contributed by atoms with van der Waals surface area (Å²) in [5.74, 6) is 2.44. The molecule has 3 aromatic rings. The summed E-state index contributed by atoms with van der Waals surface area (Å²) < 4.78 is 13.8. The van der Waals surface area contributed by atoms with E-state index in [4.69, 9.17) is 9.47 Å². The van der Waals surface area contributed by atoms with Gasteiger partial charge in [0.1, 0.15) is 36.1 Å². The molecule has 1 fully saturated rings. The number of aliphatic hydroxyl groups is 1. The maximum Gasteiger partial charge on any atom is 0.219 e. The maximum absolute atomic E-state index is 12.1. The number of imidazole rings is 1. The van der Waals surface area contributed by atoms with Crippen LogP contribution in [0.4, 0.5) is 0 Å². The van der Waals surface area contributed by atoms with Gasteiger partial charge in [-0.05, 0) is 36.8 Å². The summed E-state index contributed by atoms with van der Waals surface area (Å²) >= 11 is 0. The molecule has 1 atom stereocenters. The Morgan fingerprint density at radius 1 is 1.03 bits per heavy atom. The fourth-order valence-electron chi connectivity index (χ4n) is 4.32. The summed E-state index contributed by atoms with van der Waals surface area (Å²) in [6, 6.07) is 17.5. The zero-order valence-corrected chi connectivity index (χ0v) is 20.5. The van der Waals surface area contributed by atoms with Crippen LogP contribution in [0, 0.1) is 6.92 Å². The molecule has 4 rings (SSSR count). The Kier molecular flexibility index (Phi) is 8.05. The Morgan fingerprint density at radius 2 is 1.77 bits per heavy atom. The molecule has 186 valence electrons. The van der Waals surface area contributed by atoms with E-state index in [1.165, 1.54) is 0 Å². The number of ether oxygens (including phenoxy) is 2. The largest absolute Gasteiger partial charge is 0.492 e. The third-order valence-corrected chi connectivity index (χ3v) is 6.24. The van der Waals surface area contributed by atoms with Gasteiger partial charge in [0.25, 0.3) is 0 Å². The standard InChI is InChI=1S/C27H34N4O4/c1-22-28-12-13-30(22)16-17-34-26-10-8-24(9-11-26)18-29-14-15-31(23(2)32)20-27(33,19-29)21-35-25-6-4-3-5-7-25/h3-13,33H,14-21H2,1-2H3/t27-/m1/s1. The lowest BCUT2D eigenvalue weighted by molar-refractivity contribution is -0.132. The first kappa shape index (κ1) is 24.8. The Hall–Kier alpha value is -3.36. The van der Waals surface area contributed by atoms with Crippen molar-refractivity contribution in [2.75, 3.05) is 39.4 Å². The number of hydrogen-bond acceptors (Lipinski definition) is 6. The normalized spacial score (nSPS) is 18.8. The van der Waals surface area contributed by atoms with Crippen molar-refractivity contribution in [1.82, 2.24) is 19.4 Å². The van der Waals surface area contributed by atoms with Gasteiger partial charge in [-0.1, -0.05) is 30.3 Å². The predicted molar refractivity (Wildman–Crippen MR) is 133 cm³/mol. The van der Waals surface area contributed by atoms with E-state index in [1.807, 2.05) is 67.7 Å². The van der Waals surface area contributed by atoms with Gasteiger partial charge in [-0.25, -0.2) is 4.98 Å². The van der Waals surface area contributed by atoms with Crippen molar-refractivity contribution in [2.24, 2.45) is 0 Å². The smallest absolute Gasteiger partial charge is 0.219 e. The van der Waals surface area contributed by atoms with Gasteiger partial charge in [-0.15, -0.1) is 0 Å². The van der Waals surface area contributed by atoms with Crippen molar-refractivity contribution in [2.45, 2.75) is 32.5 Å². The molecular formula is C27H34N4O4. The summed E-state index contributed by atoms with van der Waals surface area (Å²) in [6.07, 6.45) is 3.74. The van der Waals surface area contributed by atoms with Crippen LogP contribution in [0.15, 0.2) is 67.0 Å². The lowest BCUT2D eigenvalue weighted by Gasteiger charge is -2.32. The number of para-hydroxylation sites is 1. The summed E-state index contributed by atoms with van der Waals surface area (Å²) in [5.41, 5.74) is -0.0580. The number of aryl methyl sites for hydroxylation is 1. The van der Waals surface area contributed by atoms with Gasteiger partial charge in [-0.3, -0.25) is 9.69 Å². The van der Waals surface area contributed by atoms with E-state index < -0.39 is 5.60 Å². The van der Waals surface area contributed by atoms with Crippen LogP contribution in [0.1, 0.15) is 18.3 Å². The average Bonchev–Trinajstić information content (AvgIpc) is 3.18. The van der Waals surface area contributed by atoms with E-state index >= 15 is 0 Å². The first-order valence-corrected chi connectivity index (χ1v) is 12.0. The molecule has 1 aromatic heterocycles. The van der Waals surface area contributed by atoms with Crippen molar-refractivity contribution in [3.05, 3.63) is 78.4 Å². The highest BCUT2D eigenvalue weighted by Gasteiger charge is 2.36. The molecule has 0 bridgehead atoms. The van der Waals surface area contributed by atoms with Crippen LogP contribution in [-0.2, 0) is 17.9 Å². The second-order valence-corrected chi connectivity index (χ2v) is 9.14. The summed E-state index contributed by atoms with van der Waals surface area (Å²) in [6.45, 7) is 7.50. The fraction of sp³-hybridized carbons (Fsp3) is 0.407. The molecule has 1 aliphatic heterocycles. The van der Waals surface area contributed by atoms with Gasteiger partial charge in [-0.2, -0.15) is 0 Å². The van der Waals surface area contributed by atoms with Crippen molar-refractivity contribution in [1.29, 1.82) is 0 Å². The molecule has 8 heteroatoms. The first-order valence-electron chi connectivity index (χ1n) is 12.0. The van der Waals surface area contributed by atoms with Gasteiger partial charge in [0.2, 0.25) is 5.91 Å². The maximum atomic E-state index is 12.1. The molecule has 0 aliphatic carbocycles. The molecular weight excluding hydrogens is 444 g/mol. The highest BCUT2D eigenvalue weighted by atomic mass is 16.5. The second-order valence-electron chi connectivity index (χ2n) is 9.14. The zero-order valence-electron chi connectivity index (χ0n) is 20.5. The Morgan fingerprint density at radius 3 is 2.46 bits per heavy atom. The highest BCUT2D eigenvalue weighted by molar-refractivity contribution is 5.73. The molecule has 0 spiro atoms. The Bertz CT molecular complexity index is 1090. The van der Waals surface area contributed by atoms with Crippen LogP contribution < -0.4 is 9.47 Å². The number of amides is 1. The minimum Gasteiger partial charge on any atom is -0.492 e. The Balaban J connectivity index is 1.35. The number of aromatic nitrogens is 2. The van der Waals surface area contributed by atoms with Crippen molar-refractivity contribution in [3.63, 3.8) is 0 Å². The van der Waals surface area contributed by atoms with E-state index in [0.717, 1.165) is 23.7 Å². The monoisotopic (exact) mass is 478 g/mol. The van der Waals surface area contributed by atoms with Crippen molar-refractivity contribution < 1.29 is 19.4 Å². The quantitative estimate of drug-likeness (QED) is 0.510. The lowest BCUT2D eigenvalue weighted by atomic mass is 10.0. The average molecular weight is 479 g/mol. The number of rotatable bonds is 9. The van der Waals surface area contributed by atoms with Gasteiger partial charge in [0.15, 0.2) is 0 Å². The first-order chi connectivity index (χ1) is 16.9. The molecule has 1 saturated heterocycles. The van der Waals surface area contributed by atoms with Gasteiger partial charge < -0.3 is 24.0 Å². The highest BCUT2D eigenvalue weighted by Crippen LogP contribution is 2.21. The predicted octanol–water partition coefficient (Wildman–Crippen LogP) is 2.74. The molecule has 2 heterocycles. The number of nitrogens with zero attached hydrogens (tertiary/aromatic N) is 4. The third-order valence-electron chi connectivity index (χ3n) is 6.24. The zero-order chi connectivity index (χ0) is 24.7. The van der Waals surface area contributed by atoms with Crippen LogP contribution >= 0.6 is 0 Å². The van der Waals surface area contributed by atoms with Crippen LogP contribution in [0.25, 0.3) is 0 Å². The molecule has 0 saturated carbocycles. The van der Waals surface area contributed by atoms with Gasteiger partial charge in [0, 0.05) is 45.5 Å². The minimum absolute atomic E-state index is 0.0441. The number of carbonyl (C=O) groups excluding carboxylic acids is 1. The molecule has 1 aliphatic rings. The van der Waals surface area contributed by atoms with E-state index in [2.05, 4.69) is 14.5 Å². The van der Waals surface area contributed by atoms with Crippen molar-refractivity contribution in [3.8, 4) is 11.5 Å². The number of hydrogen-bond donors (Lipinski definition) is 1. The SMILES string of the molecule is CC(=O)N1CCN(Cc2ccc(OCCn3ccnc3C)cc2)C[C@](O)(COc2ccccc2)C1. The summed E-state index contributed by atoms with van der Waals surface area (Å²) in [5, 5.41) is 11.4. The van der Waals surface area contributed by atoms with E-state index in [0.29, 0.717) is 38.5 Å². The molecule has 8 nitrogen and oxygen atoms in total.